The largest absolute Gasteiger partial charge is 0.339 e. The summed E-state index contributed by atoms with van der Waals surface area (Å²) in [6.07, 6.45) is 10.1. The first-order valence-corrected chi connectivity index (χ1v) is 7.90. The monoisotopic (exact) mass is 286 g/mol. The van der Waals surface area contributed by atoms with E-state index in [0.717, 1.165) is 29.0 Å². The van der Waals surface area contributed by atoms with Gasteiger partial charge in [-0.1, -0.05) is 6.08 Å². The van der Waals surface area contributed by atoms with Gasteiger partial charge in [0.15, 0.2) is 6.29 Å². The maximum absolute atomic E-state index is 11.0. The highest BCUT2D eigenvalue weighted by molar-refractivity contribution is 7.10. The molecule has 0 spiro atoms. The molecule has 2 aromatic heterocycles. The molecule has 0 aliphatic heterocycles. The molecule has 3 nitrogen and oxygen atoms in total. The molecule has 0 radical (unpaired) electrons. The van der Waals surface area contributed by atoms with Crippen molar-refractivity contribution in [3.63, 3.8) is 0 Å². The van der Waals surface area contributed by atoms with Gasteiger partial charge in [0.1, 0.15) is 5.01 Å². The van der Waals surface area contributed by atoms with Crippen molar-refractivity contribution in [2.24, 2.45) is 0 Å². The average molecular weight is 286 g/mol. The quantitative estimate of drug-likeness (QED) is 0.794. The first-order valence-electron chi connectivity index (χ1n) is 7.02. The number of rotatable bonds is 4. The predicted molar refractivity (Wildman–Crippen MR) is 82.2 cm³/mol. The normalized spacial score (nSPS) is 15.2. The fourth-order valence-corrected chi connectivity index (χ4v) is 3.53. The van der Waals surface area contributed by atoms with Crippen molar-refractivity contribution in [1.82, 2.24) is 9.55 Å². The zero-order valence-electron chi connectivity index (χ0n) is 11.6. The van der Waals surface area contributed by atoms with Crippen LogP contribution >= 0.6 is 11.3 Å². The van der Waals surface area contributed by atoms with Gasteiger partial charge in [-0.15, -0.1) is 11.3 Å². The lowest BCUT2D eigenvalue weighted by Gasteiger charge is -2.09. The second-order valence-electron chi connectivity index (χ2n) is 5.31. The Bertz CT molecular complexity index is 651. The third-order valence-corrected chi connectivity index (χ3v) is 4.60. The van der Waals surface area contributed by atoms with Crippen LogP contribution in [0.5, 0.6) is 0 Å². The number of carbonyl (C=O) groups is 1. The Labute approximate surface area is 123 Å². The lowest BCUT2D eigenvalue weighted by atomic mass is 10.0. The summed E-state index contributed by atoms with van der Waals surface area (Å²) in [6.45, 7) is 2.68. The third kappa shape index (κ3) is 2.75. The van der Waals surface area contributed by atoms with Crippen LogP contribution in [0, 0.1) is 6.92 Å². The van der Waals surface area contributed by atoms with E-state index < -0.39 is 0 Å². The number of aromatic nitrogens is 2. The molecule has 0 fully saturated rings. The van der Waals surface area contributed by atoms with Gasteiger partial charge in [-0.05, 0) is 49.8 Å². The fraction of sp³-hybridized carbons (Fsp3) is 0.375. The number of carbonyl (C=O) groups excluding carboxylic acids is 1. The Morgan fingerprint density at radius 3 is 3.10 bits per heavy atom. The molecule has 104 valence electrons. The first kappa shape index (κ1) is 13.3. The summed E-state index contributed by atoms with van der Waals surface area (Å²) >= 11 is 1.71. The van der Waals surface area contributed by atoms with Gasteiger partial charge in [-0.3, -0.25) is 4.79 Å². The van der Waals surface area contributed by atoms with E-state index >= 15 is 0 Å². The minimum atomic E-state index is 0.672. The smallest absolute Gasteiger partial charge is 0.166 e. The fourth-order valence-electron chi connectivity index (χ4n) is 2.65. The van der Waals surface area contributed by atoms with Crippen molar-refractivity contribution in [3.05, 3.63) is 45.7 Å². The van der Waals surface area contributed by atoms with Crippen molar-refractivity contribution in [2.45, 2.75) is 39.2 Å². The highest BCUT2D eigenvalue weighted by atomic mass is 32.1. The molecule has 0 saturated carbocycles. The van der Waals surface area contributed by atoms with Crippen LogP contribution in [0.3, 0.4) is 0 Å². The van der Waals surface area contributed by atoms with Crippen LogP contribution in [0.1, 0.15) is 52.4 Å². The van der Waals surface area contributed by atoms with Gasteiger partial charge in [0.05, 0.1) is 17.9 Å². The molecular weight excluding hydrogens is 268 g/mol. The molecular formula is C16H18N2OS. The van der Waals surface area contributed by atoms with E-state index in [-0.39, 0.29) is 0 Å². The van der Waals surface area contributed by atoms with Crippen LogP contribution in [0.15, 0.2) is 23.7 Å². The van der Waals surface area contributed by atoms with Gasteiger partial charge in [0.2, 0.25) is 0 Å². The van der Waals surface area contributed by atoms with Crippen molar-refractivity contribution in [2.75, 3.05) is 0 Å². The number of aldehydes is 1. The molecule has 0 saturated heterocycles. The van der Waals surface area contributed by atoms with Gasteiger partial charge in [0, 0.05) is 11.6 Å². The number of allylic oxidation sites excluding steroid dienone is 2. The third-order valence-electron chi connectivity index (χ3n) is 3.64. The Kier molecular flexibility index (Phi) is 3.83. The van der Waals surface area contributed by atoms with Crippen LogP contribution in [0.2, 0.25) is 0 Å². The zero-order valence-corrected chi connectivity index (χ0v) is 12.4. The average Bonchev–Trinajstić information content (AvgIpc) is 3.07. The highest BCUT2D eigenvalue weighted by Gasteiger charge is 2.11. The van der Waals surface area contributed by atoms with Gasteiger partial charge in [0.25, 0.3) is 0 Å². The van der Waals surface area contributed by atoms with Crippen LogP contribution in [-0.2, 0) is 6.54 Å². The molecule has 1 aliphatic carbocycles. The van der Waals surface area contributed by atoms with E-state index in [0.29, 0.717) is 12.2 Å². The van der Waals surface area contributed by atoms with E-state index in [1.54, 1.807) is 11.3 Å². The second-order valence-corrected chi connectivity index (χ2v) is 6.17. The van der Waals surface area contributed by atoms with Gasteiger partial charge >= 0.3 is 0 Å². The number of nitrogens with zero attached hydrogens (tertiary/aromatic N) is 2. The number of hydrogen-bond donors (Lipinski definition) is 0. The summed E-state index contributed by atoms with van der Waals surface area (Å²) in [7, 11) is 0. The minimum Gasteiger partial charge on any atom is -0.339 e. The van der Waals surface area contributed by atoms with Crippen LogP contribution < -0.4 is 0 Å². The molecule has 2 aromatic rings. The number of thiazole rings is 1. The maximum Gasteiger partial charge on any atom is 0.166 e. The van der Waals surface area contributed by atoms with Crippen LogP contribution in [-0.4, -0.2) is 15.8 Å². The molecule has 20 heavy (non-hydrogen) atoms. The molecule has 0 atom stereocenters. The summed E-state index contributed by atoms with van der Waals surface area (Å²) in [5, 5.41) is 3.26. The lowest BCUT2D eigenvalue weighted by Crippen LogP contribution is -2.02. The van der Waals surface area contributed by atoms with Gasteiger partial charge in [-0.25, -0.2) is 4.98 Å². The SMILES string of the molecule is Cc1cc(C=O)n(Cc2csc(C3=CCCCC3)n2)c1. The minimum absolute atomic E-state index is 0.672. The van der Waals surface area contributed by atoms with E-state index in [4.69, 9.17) is 4.98 Å². The molecule has 4 heteroatoms. The van der Waals surface area contributed by atoms with E-state index in [9.17, 15) is 4.79 Å². The summed E-state index contributed by atoms with van der Waals surface area (Å²) in [5.41, 5.74) is 4.26. The van der Waals surface area contributed by atoms with Gasteiger partial charge in [-0.2, -0.15) is 0 Å². The Balaban J connectivity index is 1.80. The van der Waals surface area contributed by atoms with E-state index in [1.807, 2.05) is 23.8 Å². The Morgan fingerprint density at radius 1 is 1.45 bits per heavy atom. The highest BCUT2D eigenvalue weighted by Crippen LogP contribution is 2.29. The van der Waals surface area contributed by atoms with E-state index in [1.165, 1.54) is 24.8 Å². The van der Waals surface area contributed by atoms with Crippen molar-refractivity contribution in [1.29, 1.82) is 0 Å². The second kappa shape index (κ2) is 5.75. The molecule has 1 aliphatic rings. The number of aryl methyl sites for hydroxylation is 1. The van der Waals surface area contributed by atoms with Crippen molar-refractivity contribution < 1.29 is 4.79 Å². The topological polar surface area (TPSA) is 34.9 Å². The molecule has 0 unspecified atom stereocenters. The molecule has 0 N–H and O–H groups in total. The van der Waals surface area contributed by atoms with Gasteiger partial charge < -0.3 is 4.57 Å². The Hall–Kier alpha value is -1.68. The van der Waals surface area contributed by atoms with E-state index in [2.05, 4.69) is 11.5 Å². The Morgan fingerprint density at radius 2 is 2.35 bits per heavy atom. The van der Waals surface area contributed by atoms with Crippen LogP contribution in [0.4, 0.5) is 0 Å². The molecule has 0 aromatic carbocycles. The molecule has 0 amide bonds. The van der Waals surface area contributed by atoms with Crippen molar-refractivity contribution in [3.8, 4) is 0 Å². The standard InChI is InChI=1S/C16H18N2OS/c1-12-7-15(10-19)18(8-12)9-14-11-20-16(17-14)13-5-3-2-4-6-13/h5,7-8,10-11H,2-4,6,9H2,1H3. The first-order chi connectivity index (χ1) is 9.76. The molecule has 0 bridgehead atoms. The maximum atomic E-state index is 11.0. The molecule has 2 heterocycles. The summed E-state index contributed by atoms with van der Waals surface area (Å²) in [5.74, 6) is 0. The summed E-state index contributed by atoms with van der Waals surface area (Å²) < 4.78 is 1.97. The summed E-state index contributed by atoms with van der Waals surface area (Å²) in [4.78, 5) is 15.8. The summed E-state index contributed by atoms with van der Waals surface area (Å²) in [6, 6.07) is 1.91. The lowest BCUT2D eigenvalue weighted by molar-refractivity contribution is 0.111. The van der Waals surface area contributed by atoms with Crippen molar-refractivity contribution >= 4 is 23.2 Å². The molecule has 3 rings (SSSR count). The van der Waals surface area contributed by atoms with Crippen LogP contribution in [0.25, 0.3) is 5.57 Å². The predicted octanol–water partition coefficient (Wildman–Crippen LogP) is 4.07. The number of hydrogen-bond acceptors (Lipinski definition) is 3. The zero-order chi connectivity index (χ0) is 13.9.